The first-order valence-corrected chi connectivity index (χ1v) is 12.3. The summed E-state index contributed by atoms with van der Waals surface area (Å²) in [6, 6.07) is 0.765. The lowest BCUT2D eigenvalue weighted by atomic mass is 9.80. The predicted octanol–water partition coefficient (Wildman–Crippen LogP) is 5.25. The van der Waals surface area contributed by atoms with Crippen molar-refractivity contribution in [2.24, 2.45) is 11.8 Å². The molecule has 0 atom stereocenters. The van der Waals surface area contributed by atoms with Crippen molar-refractivity contribution in [1.29, 1.82) is 0 Å². The number of carbonyl (C=O) groups is 2. The minimum absolute atomic E-state index is 0.121. The highest BCUT2D eigenvalue weighted by Crippen LogP contribution is 2.30. The Balaban J connectivity index is 1.38. The van der Waals surface area contributed by atoms with Crippen molar-refractivity contribution in [2.75, 3.05) is 0 Å². The van der Waals surface area contributed by atoms with Gasteiger partial charge in [-0.05, 0) is 51.4 Å². The van der Waals surface area contributed by atoms with Gasteiger partial charge in [-0.2, -0.15) is 0 Å². The normalized spacial score (nSPS) is 29.0. The number of nitrogens with one attached hydrogen (secondary N) is 2. The molecule has 0 spiro atoms. The molecule has 160 valence electrons. The number of hydrogen-bond donors (Lipinski definition) is 2. The van der Waals surface area contributed by atoms with Crippen LogP contribution in [0, 0.1) is 11.8 Å². The maximum atomic E-state index is 12.7. The van der Waals surface area contributed by atoms with E-state index in [0.717, 1.165) is 51.4 Å². The van der Waals surface area contributed by atoms with Crippen molar-refractivity contribution in [1.82, 2.24) is 10.6 Å². The second-order valence-corrected chi connectivity index (χ2v) is 9.65. The van der Waals surface area contributed by atoms with Gasteiger partial charge in [-0.25, -0.2) is 0 Å². The molecule has 0 heterocycles. The first kappa shape index (κ1) is 21.6. The second kappa shape index (κ2) is 11.8. The smallest absolute Gasteiger partial charge is 0.223 e. The van der Waals surface area contributed by atoms with Crippen LogP contribution in [0.3, 0.4) is 0 Å². The van der Waals surface area contributed by atoms with Crippen molar-refractivity contribution in [3.05, 3.63) is 0 Å². The number of hydrogen-bond acceptors (Lipinski definition) is 2. The molecule has 3 aliphatic rings. The number of amides is 2. The Bertz CT molecular complexity index is 425. The predicted molar refractivity (Wildman–Crippen MR) is 114 cm³/mol. The summed E-state index contributed by atoms with van der Waals surface area (Å²) in [5.74, 6) is 0.751. The van der Waals surface area contributed by atoms with Gasteiger partial charge in [0, 0.05) is 23.9 Å². The van der Waals surface area contributed by atoms with E-state index < -0.39 is 0 Å². The third kappa shape index (κ3) is 7.08. The molecule has 4 heteroatoms. The Morgan fingerprint density at radius 3 is 1.04 bits per heavy atom. The molecule has 0 aromatic rings. The zero-order valence-corrected chi connectivity index (χ0v) is 17.9. The third-order valence-electron chi connectivity index (χ3n) is 7.37. The first-order chi connectivity index (χ1) is 13.7. The minimum Gasteiger partial charge on any atom is -0.353 e. The maximum Gasteiger partial charge on any atom is 0.223 e. The Morgan fingerprint density at radius 2 is 0.714 bits per heavy atom. The zero-order chi connectivity index (χ0) is 19.6. The van der Waals surface area contributed by atoms with E-state index in [1.165, 1.54) is 64.2 Å². The highest BCUT2D eigenvalue weighted by Gasteiger charge is 2.31. The molecule has 0 unspecified atom stereocenters. The Labute approximate surface area is 172 Å². The van der Waals surface area contributed by atoms with Crippen LogP contribution in [-0.4, -0.2) is 23.9 Å². The van der Waals surface area contributed by atoms with Crippen molar-refractivity contribution >= 4 is 11.8 Å². The van der Waals surface area contributed by atoms with Crippen LogP contribution in [0.15, 0.2) is 0 Å². The van der Waals surface area contributed by atoms with Crippen molar-refractivity contribution in [3.63, 3.8) is 0 Å². The van der Waals surface area contributed by atoms with Crippen LogP contribution >= 0.6 is 0 Å². The summed E-state index contributed by atoms with van der Waals surface area (Å²) >= 11 is 0. The van der Waals surface area contributed by atoms with Gasteiger partial charge in [-0.1, -0.05) is 64.2 Å². The Kier molecular flexibility index (Phi) is 9.14. The summed E-state index contributed by atoms with van der Waals surface area (Å²) in [7, 11) is 0. The van der Waals surface area contributed by atoms with Gasteiger partial charge in [0.1, 0.15) is 0 Å². The quantitative estimate of drug-likeness (QED) is 0.688. The average molecular weight is 391 g/mol. The molecule has 3 fully saturated rings. The molecule has 2 amide bonds. The molecule has 0 bridgehead atoms. The van der Waals surface area contributed by atoms with Crippen LogP contribution in [0.2, 0.25) is 0 Å². The van der Waals surface area contributed by atoms with Gasteiger partial charge >= 0.3 is 0 Å². The van der Waals surface area contributed by atoms with Gasteiger partial charge in [0.2, 0.25) is 11.8 Å². The first-order valence-electron chi connectivity index (χ1n) is 12.3. The summed E-state index contributed by atoms with van der Waals surface area (Å²) in [5, 5.41) is 6.68. The van der Waals surface area contributed by atoms with E-state index in [1.807, 2.05) is 0 Å². The molecule has 4 nitrogen and oxygen atoms in total. The Morgan fingerprint density at radius 1 is 0.429 bits per heavy atom. The van der Waals surface area contributed by atoms with Gasteiger partial charge in [0.15, 0.2) is 0 Å². The van der Waals surface area contributed by atoms with Gasteiger partial charge in [-0.15, -0.1) is 0 Å². The van der Waals surface area contributed by atoms with E-state index in [-0.39, 0.29) is 23.7 Å². The molecule has 3 aliphatic carbocycles. The van der Waals surface area contributed by atoms with E-state index in [4.69, 9.17) is 0 Å². The van der Waals surface area contributed by atoms with E-state index in [0.29, 0.717) is 12.1 Å². The van der Waals surface area contributed by atoms with Crippen LogP contribution < -0.4 is 10.6 Å². The van der Waals surface area contributed by atoms with Crippen LogP contribution in [0.5, 0.6) is 0 Å². The highest BCUT2D eigenvalue weighted by atomic mass is 16.2. The summed E-state index contributed by atoms with van der Waals surface area (Å²) in [4.78, 5) is 25.4. The average Bonchev–Trinajstić information content (AvgIpc) is 2.66. The van der Waals surface area contributed by atoms with Gasteiger partial charge in [0.05, 0.1) is 0 Å². The molecule has 3 saturated carbocycles. The summed E-state index contributed by atoms with van der Waals surface area (Å²) in [5.41, 5.74) is 0. The second-order valence-electron chi connectivity index (χ2n) is 9.65. The molecule has 0 radical (unpaired) electrons. The number of rotatable bonds is 4. The van der Waals surface area contributed by atoms with Crippen molar-refractivity contribution in [2.45, 2.75) is 128 Å². The zero-order valence-electron chi connectivity index (χ0n) is 17.9. The highest BCUT2D eigenvalue weighted by molar-refractivity contribution is 5.81. The van der Waals surface area contributed by atoms with Crippen LogP contribution in [-0.2, 0) is 9.59 Å². The fourth-order valence-corrected chi connectivity index (χ4v) is 5.46. The molecule has 0 aromatic heterocycles. The largest absolute Gasteiger partial charge is 0.353 e. The molecule has 0 saturated heterocycles. The fourth-order valence-electron chi connectivity index (χ4n) is 5.46. The summed E-state index contributed by atoms with van der Waals surface area (Å²) < 4.78 is 0. The molecule has 28 heavy (non-hydrogen) atoms. The lowest BCUT2D eigenvalue weighted by Gasteiger charge is -2.30. The summed E-state index contributed by atoms with van der Waals surface area (Å²) in [6.07, 6.45) is 21.0. The van der Waals surface area contributed by atoms with Gasteiger partial charge in [-0.3, -0.25) is 9.59 Å². The molecular weight excluding hydrogens is 348 g/mol. The van der Waals surface area contributed by atoms with Crippen LogP contribution in [0.4, 0.5) is 0 Å². The lowest BCUT2D eigenvalue weighted by Crippen LogP contribution is -2.43. The van der Waals surface area contributed by atoms with Crippen LogP contribution in [0.25, 0.3) is 0 Å². The standard InChI is InChI=1S/C24H42N2O2/c27-23(25-21-11-7-3-1-4-8-12-21)19-15-17-20(18-16-19)24(28)26-22-13-9-5-2-6-10-14-22/h19-22H,1-18H2,(H,25,27)(H,26,28). The summed E-state index contributed by atoms with van der Waals surface area (Å²) in [6.45, 7) is 0. The molecule has 3 rings (SSSR count). The molecular formula is C24H42N2O2. The van der Waals surface area contributed by atoms with Crippen molar-refractivity contribution < 1.29 is 9.59 Å². The molecule has 0 aliphatic heterocycles. The SMILES string of the molecule is O=C(NC1CCCCCCC1)C1CCC(C(=O)NC2CCCCCCC2)CC1. The van der Waals surface area contributed by atoms with E-state index in [1.54, 1.807) is 0 Å². The molecule has 2 N–H and O–H groups in total. The lowest BCUT2D eigenvalue weighted by molar-refractivity contribution is -0.131. The third-order valence-corrected chi connectivity index (χ3v) is 7.37. The topological polar surface area (TPSA) is 58.2 Å². The van der Waals surface area contributed by atoms with Gasteiger partial charge in [0.25, 0.3) is 0 Å². The van der Waals surface area contributed by atoms with E-state index in [2.05, 4.69) is 10.6 Å². The fraction of sp³-hybridized carbons (Fsp3) is 0.917. The van der Waals surface area contributed by atoms with Gasteiger partial charge < -0.3 is 10.6 Å². The number of carbonyl (C=O) groups excluding carboxylic acids is 2. The Hall–Kier alpha value is -1.06. The minimum atomic E-state index is 0.121. The van der Waals surface area contributed by atoms with Crippen molar-refractivity contribution in [3.8, 4) is 0 Å². The monoisotopic (exact) mass is 390 g/mol. The molecule has 0 aromatic carbocycles. The van der Waals surface area contributed by atoms with E-state index in [9.17, 15) is 9.59 Å². The van der Waals surface area contributed by atoms with E-state index >= 15 is 0 Å². The van der Waals surface area contributed by atoms with Crippen LogP contribution in [0.1, 0.15) is 116 Å². The maximum absolute atomic E-state index is 12.7.